The first-order valence-electron chi connectivity index (χ1n) is 7.29. The summed E-state index contributed by atoms with van der Waals surface area (Å²) >= 11 is 0. The Hall–Kier alpha value is -4.12. The Balaban J connectivity index is 0.000000241. The van der Waals surface area contributed by atoms with Crippen LogP contribution in [0.25, 0.3) is 10.8 Å². The van der Waals surface area contributed by atoms with Gasteiger partial charge in [-0.3, -0.25) is 0 Å². The number of nitrogens with zero attached hydrogens (tertiary/aromatic N) is 4. The lowest BCUT2D eigenvalue weighted by Crippen LogP contribution is -1.83. The van der Waals surface area contributed by atoms with Gasteiger partial charge in [0.05, 0.1) is 41.0 Å². The Bertz CT molecular complexity index is 942. The number of benzene rings is 3. The molecule has 0 saturated heterocycles. The minimum absolute atomic E-state index is 0.611. The maximum atomic E-state index is 8.87. The molecule has 0 unspecified atom stereocenters. The molecule has 3 aromatic rings. The van der Waals surface area contributed by atoms with Gasteiger partial charge in [0.1, 0.15) is 0 Å². The highest BCUT2D eigenvalue weighted by molar-refractivity contribution is 5.92. The Labute approximate surface area is 147 Å². The summed E-state index contributed by atoms with van der Waals surface area (Å²) in [5, 5.41) is 35.0. The molecule has 0 heterocycles. The molecule has 118 valence electrons. The van der Waals surface area contributed by atoms with Crippen LogP contribution in [-0.4, -0.2) is 0 Å². The standard InChI is InChI=1S/C12H6N2.C7H5N.C2H3N/c13-7-9-5-6-10(8-14)12-4-2-1-3-11(9)12;8-6-7-4-2-1-3-5-7;1-2-3/h1-6H;1-5H;1H3. The Morgan fingerprint density at radius 3 is 1.28 bits per heavy atom. The van der Waals surface area contributed by atoms with E-state index in [1.54, 1.807) is 30.3 Å². The molecule has 0 bridgehead atoms. The first kappa shape index (κ1) is 18.9. The average molecular weight is 322 g/mol. The summed E-state index contributed by atoms with van der Waals surface area (Å²) in [7, 11) is 0. The van der Waals surface area contributed by atoms with Crippen molar-refractivity contribution in [2.75, 3.05) is 0 Å². The molecule has 3 rings (SSSR count). The Morgan fingerprint density at radius 2 is 0.960 bits per heavy atom. The zero-order chi connectivity index (χ0) is 18.5. The molecule has 4 heteroatoms. The molecule has 25 heavy (non-hydrogen) atoms. The van der Waals surface area contributed by atoms with Crippen molar-refractivity contribution < 1.29 is 0 Å². The van der Waals surface area contributed by atoms with Gasteiger partial charge in [-0.1, -0.05) is 42.5 Å². The highest BCUT2D eigenvalue weighted by Gasteiger charge is 2.03. The summed E-state index contributed by atoms with van der Waals surface area (Å²) < 4.78 is 0. The maximum absolute atomic E-state index is 8.87. The van der Waals surface area contributed by atoms with E-state index < -0.39 is 0 Å². The second-order valence-corrected chi connectivity index (χ2v) is 4.63. The number of hydrogen-bond donors (Lipinski definition) is 0. The predicted molar refractivity (Wildman–Crippen MR) is 95.8 cm³/mol. The number of nitriles is 4. The first-order chi connectivity index (χ1) is 12.2. The van der Waals surface area contributed by atoms with Crippen molar-refractivity contribution in [3.8, 4) is 24.3 Å². The Kier molecular flexibility index (Phi) is 8.01. The van der Waals surface area contributed by atoms with Crippen LogP contribution in [0.5, 0.6) is 0 Å². The SMILES string of the molecule is CC#N.N#Cc1ccc(C#N)c2ccccc12.N#Cc1ccccc1. The van der Waals surface area contributed by atoms with E-state index in [0.29, 0.717) is 16.7 Å². The quantitative estimate of drug-likeness (QED) is 0.600. The lowest BCUT2D eigenvalue weighted by molar-refractivity contribution is 1.48. The third-order valence-corrected chi connectivity index (χ3v) is 3.07. The van der Waals surface area contributed by atoms with Gasteiger partial charge in [0.15, 0.2) is 0 Å². The molecule has 0 fully saturated rings. The van der Waals surface area contributed by atoms with E-state index >= 15 is 0 Å². The topological polar surface area (TPSA) is 95.2 Å². The summed E-state index contributed by atoms with van der Waals surface area (Å²) in [6.45, 7) is 1.43. The van der Waals surface area contributed by atoms with Crippen LogP contribution in [0.15, 0.2) is 66.7 Å². The monoisotopic (exact) mass is 322 g/mol. The van der Waals surface area contributed by atoms with Gasteiger partial charge >= 0.3 is 0 Å². The minimum Gasteiger partial charge on any atom is -0.199 e. The van der Waals surface area contributed by atoms with Crippen molar-refractivity contribution in [1.29, 1.82) is 21.0 Å². The summed E-state index contributed by atoms with van der Waals surface area (Å²) in [6, 6.07) is 27.9. The third kappa shape index (κ3) is 5.54. The van der Waals surface area contributed by atoms with Crippen LogP contribution < -0.4 is 0 Å². The maximum Gasteiger partial charge on any atom is 0.0998 e. The van der Waals surface area contributed by atoms with E-state index in [1.165, 1.54) is 6.92 Å². The van der Waals surface area contributed by atoms with Crippen LogP contribution >= 0.6 is 0 Å². The van der Waals surface area contributed by atoms with Crippen LogP contribution in [-0.2, 0) is 0 Å². The number of hydrogen-bond acceptors (Lipinski definition) is 4. The van der Waals surface area contributed by atoms with Gasteiger partial charge in [-0.2, -0.15) is 21.0 Å². The summed E-state index contributed by atoms with van der Waals surface area (Å²) in [5.74, 6) is 0. The van der Waals surface area contributed by atoms with Crippen molar-refractivity contribution >= 4 is 10.8 Å². The highest BCUT2D eigenvalue weighted by Crippen LogP contribution is 2.21. The molecule has 0 aromatic heterocycles. The van der Waals surface area contributed by atoms with Crippen LogP contribution in [0.2, 0.25) is 0 Å². The van der Waals surface area contributed by atoms with Gasteiger partial charge in [-0.25, -0.2) is 0 Å². The molecule has 0 saturated carbocycles. The molecule has 4 nitrogen and oxygen atoms in total. The van der Waals surface area contributed by atoms with Gasteiger partial charge in [-0.15, -0.1) is 0 Å². The van der Waals surface area contributed by atoms with Gasteiger partial charge in [0, 0.05) is 17.7 Å². The normalized spacial score (nSPS) is 8.04. The van der Waals surface area contributed by atoms with Gasteiger partial charge in [0.2, 0.25) is 0 Å². The molecule has 0 spiro atoms. The molecule has 0 radical (unpaired) electrons. The second-order valence-electron chi connectivity index (χ2n) is 4.63. The van der Waals surface area contributed by atoms with Crippen molar-refractivity contribution in [3.63, 3.8) is 0 Å². The average Bonchev–Trinajstić information content (AvgIpc) is 2.69. The van der Waals surface area contributed by atoms with Crippen molar-refractivity contribution in [1.82, 2.24) is 0 Å². The number of rotatable bonds is 0. The van der Waals surface area contributed by atoms with Crippen LogP contribution in [0.1, 0.15) is 23.6 Å². The molecule has 0 atom stereocenters. The second kappa shape index (κ2) is 10.6. The van der Waals surface area contributed by atoms with E-state index in [2.05, 4.69) is 12.1 Å². The number of fused-ring (bicyclic) bond motifs is 1. The van der Waals surface area contributed by atoms with Crippen molar-refractivity contribution in [2.45, 2.75) is 6.92 Å². The largest absolute Gasteiger partial charge is 0.199 e. The smallest absolute Gasteiger partial charge is 0.0998 e. The van der Waals surface area contributed by atoms with E-state index in [4.69, 9.17) is 21.0 Å². The zero-order valence-electron chi connectivity index (χ0n) is 13.6. The van der Waals surface area contributed by atoms with Crippen LogP contribution in [0.3, 0.4) is 0 Å². The van der Waals surface area contributed by atoms with Crippen LogP contribution in [0, 0.1) is 45.3 Å². The fourth-order valence-electron chi connectivity index (χ4n) is 2.01. The molecule has 0 aliphatic carbocycles. The molecule has 3 aromatic carbocycles. The molecule has 0 aliphatic rings. The summed E-state index contributed by atoms with van der Waals surface area (Å²) in [6.07, 6.45) is 0. The lowest BCUT2D eigenvalue weighted by Gasteiger charge is -2.00. The molecular weight excluding hydrogens is 308 g/mol. The van der Waals surface area contributed by atoms with E-state index in [9.17, 15) is 0 Å². The van der Waals surface area contributed by atoms with Crippen LogP contribution in [0.4, 0.5) is 0 Å². The molecular formula is C21H14N4. The first-order valence-corrected chi connectivity index (χ1v) is 7.29. The third-order valence-electron chi connectivity index (χ3n) is 3.07. The van der Waals surface area contributed by atoms with Gasteiger partial charge in [0.25, 0.3) is 0 Å². The molecule has 0 N–H and O–H groups in total. The lowest BCUT2D eigenvalue weighted by atomic mass is 10.0. The minimum atomic E-state index is 0.611. The van der Waals surface area contributed by atoms with E-state index in [1.807, 2.05) is 48.5 Å². The van der Waals surface area contributed by atoms with E-state index in [0.717, 1.165) is 10.8 Å². The fourth-order valence-corrected chi connectivity index (χ4v) is 2.01. The zero-order valence-corrected chi connectivity index (χ0v) is 13.6. The van der Waals surface area contributed by atoms with E-state index in [-0.39, 0.29) is 0 Å². The summed E-state index contributed by atoms with van der Waals surface area (Å²) in [4.78, 5) is 0. The fraction of sp³-hybridized carbons (Fsp3) is 0.0476. The van der Waals surface area contributed by atoms with Gasteiger partial charge in [-0.05, 0) is 24.3 Å². The highest BCUT2D eigenvalue weighted by atomic mass is 14.3. The van der Waals surface area contributed by atoms with Crippen molar-refractivity contribution in [2.24, 2.45) is 0 Å². The Morgan fingerprint density at radius 1 is 0.560 bits per heavy atom. The molecule has 0 aliphatic heterocycles. The van der Waals surface area contributed by atoms with Crippen molar-refractivity contribution in [3.05, 3.63) is 83.4 Å². The predicted octanol–water partition coefficient (Wildman–Crippen LogP) is 4.67. The summed E-state index contributed by atoms with van der Waals surface area (Å²) in [5.41, 5.74) is 1.94. The molecule has 0 amide bonds. The van der Waals surface area contributed by atoms with Gasteiger partial charge < -0.3 is 0 Å².